The summed E-state index contributed by atoms with van der Waals surface area (Å²) in [6, 6.07) is 3.36. The van der Waals surface area contributed by atoms with Gasteiger partial charge in [-0.2, -0.15) is 0 Å². The predicted octanol–water partition coefficient (Wildman–Crippen LogP) is 1.40. The molecule has 2 fully saturated rings. The predicted molar refractivity (Wildman–Crippen MR) is 76.8 cm³/mol. The summed E-state index contributed by atoms with van der Waals surface area (Å²) >= 11 is 0. The molecule has 21 heavy (non-hydrogen) atoms. The van der Waals surface area contributed by atoms with Crippen LogP contribution in [-0.4, -0.2) is 53.0 Å². The van der Waals surface area contributed by atoms with Crippen molar-refractivity contribution in [2.45, 2.75) is 37.8 Å². The molecule has 1 aromatic heterocycles. The lowest BCUT2D eigenvalue weighted by Crippen LogP contribution is -2.54. The molecule has 2 aliphatic rings. The minimum atomic E-state index is -0.920. The van der Waals surface area contributed by atoms with Gasteiger partial charge in [0.25, 0.3) is 5.91 Å². The molecule has 1 spiro atoms. The van der Waals surface area contributed by atoms with E-state index in [1.807, 2.05) is 40.0 Å². The van der Waals surface area contributed by atoms with E-state index in [0.717, 1.165) is 5.76 Å². The molecule has 0 unspecified atom stereocenters. The third kappa shape index (κ3) is 1.97. The lowest BCUT2D eigenvalue weighted by atomic mass is 9.84. The van der Waals surface area contributed by atoms with Crippen molar-refractivity contribution in [3.05, 3.63) is 24.2 Å². The molecular weight excluding hydrogens is 270 g/mol. The lowest BCUT2D eigenvalue weighted by Gasteiger charge is -2.31. The Morgan fingerprint density at radius 1 is 1.38 bits per heavy atom. The molecule has 114 valence electrons. The quantitative estimate of drug-likeness (QED) is 0.794. The van der Waals surface area contributed by atoms with Gasteiger partial charge in [-0.1, -0.05) is 0 Å². The molecule has 0 bridgehead atoms. The van der Waals surface area contributed by atoms with Crippen LogP contribution >= 0.6 is 0 Å². The van der Waals surface area contributed by atoms with Gasteiger partial charge in [-0.3, -0.25) is 9.69 Å². The molecule has 0 radical (unpaired) electrons. The number of likely N-dealkylation sites (tertiary alicyclic amines) is 1. The van der Waals surface area contributed by atoms with Crippen molar-refractivity contribution >= 4 is 11.9 Å². The largest absolute Gasteiger partial charge is 0.469 e. The first-order valence-corrected chi connectivity index (χ1v) is 7.14. The Hall–Kier alpha value is -1.82. The summed E-state index contributed by atoms with van der Waals surface area (Å²) in [5.41, 5.74) is -1.46. The molecule has 6 nitrogen and oxygen atoms in total. The smallest absolute Gasteiger partial charge is 0.325 e. The van der Waals surface area contributed by atoms with E-state index in [9.17, 15) is 9.59 Å². The summed E-state index contributed by atoms with van der Waals surface area (Å²) in [6.45, 7) is 6.77. The molecule has 3 rings (SSSR count). The zero-order valence-corrected chi connectivity index (χ0v) is 12.8. The van der Waals surface area contributed by atoms with E-state index in [-0.39, 0.29) is 17.9 Å². The van der Waals surface area contributed by atoms with Gasteiger partial charge in [0, 0.05) is 18.6 Å². The number of amides is 3. The molecular formula is C15H21N3O3. The van der Waals surface area contributed by atoms with Gasteiger partial charge in [0.1, 0.15) is 11.3 Å². The second kappa shape index (κ2) is 4.34. The molecule has 1 aromatic rings. The maximum absolute atomic E-state index is 13.0. The summed E-state index contributed by atoms with van der Waals surface area (Å²) in [5.74, 6) is 0.413. The van der Waals surface area contributed by atoms with E-state index < -0.39 is 11.1 Å². The first-order valence-electron chi connectivity index (χ1n) is 7.14. The standard InChI is InChI=1S/C15H21N3O3/c1-14(2,3)18-12(19)15(16-13(18)20)9-17(4)8-10(15)11-6-5-7-21-11/h5-7,10H,8-9H2,1-4H3,(H,16,20)/t10-,15-/m0/s1. The van der Waals surface area contributed by atoms with Crippen LogP contribution in [0.2, 0.25) is 0 Å². The summed E-state index contributed by atoms with van der Waals surface area (Å²) in [5, 5.41) is 2.94. The number of urea groups is 1. The monoisotopic (exact) mass is 291 g/mol. The van der Waals surface area contributed by atoms with E-state index in [1.54, 1.807) is 6.26 Å². The van der Waals surface area contributed by atoms with E-state index in [1.165, 1.54) is 4.90 Å². The van der Waals surface area contributed by atoms with Gasteiger partial charge in [0.15, 0.2) is 0 Å². The van der Waals surface area contributed by atoms with Crippen LogP contribution in [0, 0.1) is 0 Å². The molecule has 3 heterocycles. The Morgan fingerprint density at radius 2 is 2.10 bits per heavy atom. The van der Waals surface area contributed by atoms with Crippen LogP contribution in [0.1, 0.15) is 32.4 Å². The molecule has 0 saturated carbocycles. The Balaban J connectivity index is 2.04. The number of nitrogens with one attached hydrogen (secondary N) is 1. The fourth-order valence-electron chi connectivity index (χ4n) is 3.43. The molecule has 6 heteroatoms. The van der Waals surface area contributed by atoms with E-state index in [4.69, 9.17) is 4.42 Å². The van der Waals surface area contributed by atoms with Gasteiger partial charge in [-0.25, -0.2) is 4.79 Å². The normalized spacial score (nSPS) is 30.5. The maximum Gasteiger partial charge on any atom is 0.325 e. The van der Waals surface area contributed by atoms with Crippen LogP contribution in [0.5, 0.6) is 0 Å². The van der Waals surface area contributed by atoms with Crippen molar-refractivity contribution in [1.82, 2.24) is 15.1 Å². The van der Waals surface area contributed by atoms with Crippen molar-refractivity contribution < 1.29 is 14.0 Å². The number of imide groups is 1. The summed E-state index contributed by atoms with van der Waals surface area (Å²) < 4.78 is 5.51. The zero-order chi connectivity index (χ0) is 15.4. The number of likely N-dealkylation sites (N-methyl/N-ethyl adjacent to an activating group) is 1. The van der Waals surface area contributed by atoms with Gasteiger partial charge in [-0.05, 0) is 40.0 Å². The number of furan rings is 1. The van der Waals surface area contributed by atoms with Crippen LogP contribution in [0.25, 0.3) is 0 Å². The van der Waals surface area contributed by atoms with Crippen molar-refractivity contribution in [2.75, 3.05) is 20.1 Å². The van der Waals surface area contributed by atoms with Crippen LogP contribution in [0.15, 0.2) is 22.8 Å². The van der Waals surface area contributed by atoms with Gasteiger partial charge in [0.2, 0.25) is 0 Å². The minimum absolute atomic E-state index is 0.161. The number of carbonyl (C=O) groups excluding carboxylic acids is 2. The van der Waals surface area contributed by atoms with Gasteiger partial charge >= 0.3 is 6.03 Å². The molecule has 2 aliphatic heterocycles. The second-order valence-corrected chi connectivity index (χ2v) is 6.98. The first-order chi connectivity index (χ1) is 9.75. The molecule has 0 aromatic carbocycles. The van der Waals surface area contributed by atoms with Crippen molar-refractivity contribution in [3.63, 3.8) is 0 Å². The molecule has 0 aliphatic carbocycles. The zero-order valence-electron chi connectivity index (χ0n) is 12.8. The van der Waals surface area contributed by atoms with E-state index >= 15 is 0 Å². The molecule has 1 N–H and O–H groups in total. The summed E-state index contributed by atoms with van der Waals surface area (Å²) in [7, 11) is 1.95. The topological polar surface area (TPSA) is 65.8 Å². The van der Waals surface area contributed by atoms with Gasteiger partial charge in [-0.15, -0.1) is 0 Å². The number of hydrogen-bond acceptors (Lipinski definition) is 4. The molecule has 3 amide bonds. The Labute approximate surface area is 124 Å². The highest BCUT2D eigenvalue weighted by molar-refractivity contribution is 6.08. The molecule has 2 atom stereocenters. The Bertz CT molecular complexity index is 575. The fraction of sp³-hybridized carbons (Fsp3) is 0.600. The fourth-order valence-corrected chi connectivity index (χ4v) is 3.43. The van der Waals surface area contributed by atoms with Crippen LogP contribution in [0.3, 0.4) is 0 Å². The third-order valence-corrected chi connectivity index (χ3v) is 4.28. The van der Waals surface area contributed by atoms with Crippen LogP contribution in [0.4, 0.5) is 4.79 Å². The number of nitrogens with zero attached hydrogens (tertiary/aromatic N) is 2. The second-order valence-electron chi connectivity index (χ2n) is 6.98. The SMILES string of the molecule is CN1C[C@@H](c2ccco2)[C@]2(C1)NC(=O)N(C(C)(C)C)C2=O. The van der Waals surface area contributed by atoms with Crippen molar-refractivity contribution in [2.24, 2.45) is 0 Å². The number of rotatable bonds is 1. The van der Waals surface area contributed by atoms with Crippen LogP contribution < -0.4 is 5.32 Å². The summed E-state index contributed by atoms with van der Waals surface area (Å²) in [6.07, 6.45) is 1.60. The minimum Gasteiger partial charge on any atom is -0.469 e. The number of carbonyl (C=O) groups is 2. The van der Waals surface area contributed by atoms with E-state index in [2.05, 4.69) is 10.2 Å². The number of hydrogen-bond donors (Lipinski definition) is 1. The van der Waals surface area contributed by atoms with Gasteiger partial charge < -0.3 is 14.6 Å². The van der Waals surface area contributed by atoms with Crippen LogP contribution in [-0.2, 0) is 4.79 Å². The average Bonchev–Trinajstić information content (AvgIpc) is 2.99. The van der Waals surface area contributed by atoms with Crippen molar-refractivity contribution in [1.29, 1.82) is 0 Å². The Morgan fingerprint density at radius 3 is 2.62 bits per heavy atom. The maximum atomic E-state index is 13.0. The Kier molecular flexibility index (Phi) is 2.92. The summed E-state index contributed by atoms with van der Waals surface area (Å²) in [4.78, 5) is 28.8. The highest BCUT2D eigenvalue weighted by atomic mass is 16.3. The third-order valence-electron chi connectivity index (χ3n) is 4.28. The first kappa shape index (κ1) is 14.1. The molecule has 2 saturated heterocycles. The average molecular weight is 291 g/mol. The highest BCUT2D eigenvalue weighted by Crippen LogP contribution is 2.41. The highest BCUT2D eigenvalue weighted by Gasteiger charge is 2.62. The van der Waals surface area contributed by atoms with Gasteiger partial charge in [0.05, 0.1) is 12.2 Å². The van der Waals surface area contributed by atoms with Crippen molar-refractivity contribution in [3.8, 4) is 0 Å². The van der Waals surface area contributed by atoms with E-state index in [0.29, 0.717) is 13.1 Å². The lowest BCUT2D eigenvalue weighted by molar-refractivity contribution is -0.134.